The van der Waals surface area contributed by atoms with E-state index < -0.39 is 11.9 Å². The van der Waals surface area contributed by atoms with Crippen LogP contribution in [0.3, 0.4) is 0 Å². The fraction of sp³-hybridized carbons (Fsp3) is 0.294. The van der Waals surface area contributed by atoms with Crippen LogP contribution in [0.2, 0.25) is 0 Å². The zero-order valence-electron chi connectivity index (χ0n) is 13.3. The molecule has 4 rings (SSSR count). The van der Waals surface area contributed by atoms with Gasteiger partial charge >= 0.3 is 11.9 Å². The molecule has 0 saturated carbocycles. The molecule has 24 heavy (non-hydrogen) atoms. The number of aromatic nitrogens is 1. The molecule has 124 valence electrons. The zero-order chi connectivity index (χ0) is 16.8. The lowest BCUT2D eigenvalue weighted by Gasteiger charge is -2.21. The Morgan fingerprint density at radius 3 is 2.33 bits per heavy atom. The van der Waals surface area contributed by atoms with Crippen LogP contribution in [0.4, 0.5) is 0 Å². The van der Waals surface area contributed by atoms with Crippen LogP contribution in [0.25, 0.3) is 0 Å². The van der Waals surface area contributed by atoms with Gasteiger partial charge in [0.2, 0.25) is 6.79 Å². The summed E-state index contributed by atoms with van der Waals surface area (Å²) in [5.41, 5.74) is 3.37. The van der Waals surface area contributed by atoms with Gasteiger partial charge in [-0.05, 0) is 29.3 Å². The number of hydrogen-bond donors (Lipinski definition) is 0. The van der Waals surface area contributed by atoms with Crippen molar-refractivity contribution < 1.29 is 28.5 Å². The highest BCUT2D eigenvalue weighted by Crippen LogP contribution is 2.38. The Bertz CT molecular complexity index is 866. The number of carbonyl (C=O) groups excluding carboxylic acids is 2. The topological polar surface area (TPSA) is 76.0 Å². The minimum Gasteiger partial charge on any atom is -0.465 e. The molecule has 2 aliphatic heterocycles. The van der Waals surface area contributed by atoms with Crippen molar-refractivity contribution in [3.8, 4) is 11.5 Å². The molecule has 3 heterocycles. The number of fused-ring (bicyclic) bond motifs is 3. The number of rotatable bonds is 2. The molecule has 0 spiro atoms. The molecule has 0 atom stereocenters. The Labute approximate surface area is 137 Å². The van der Waals surface area contributed by atoms with Crippen molar-refractivity contribution in [3.63, 3.8) is 0 Å². The Kier molecular flexibility index (Phi) is 3.23. The van der Waals surface area contributed by atoms with Crippen LogP contribution in [-0.2, 0) is 22.4 Å². The Hall–Kier alpha value is -2.96. The van der Waals surface area contributed by atoms with Crippen molar-refractivity contribution in [1.82, 2.24) is 4.57 Å². The molecular weight excluding hydrogens is 314 g/mol. The first-order chi connectivity index (χ1) is 11.6. The lowest BCUT2D eigenvalue weighted by atomic mass is 9.98. The van der Waals surface area contributed by atoms with Crippen LogP contribution in [0.1, 0.15) is 37.7 Å². The summed E-state index contributed by atoms with van der Waals surface area (Å²) < 4.78 is 22.3. The number of benzene rings is 1. The number of nitrogens with zero attached hydrogens (tertiary/aromatic N) is 1. The summed E-state index contributed by atoms with van der Waals surface area (Å²) in [5, 5.41) is 0. The van der Waals surface area contributed by atoms with Crippen LogP contribution in [0.5, 0.6) is 11.5 Å². The van der Waals surface area contributed by atoms with Gasteiger partial charge in [-0.1, -0.05) is 0 Å². The second kappa shape index (κ2) is 5.30. The van der Waals surface area contributed by atoms with Crippen molar-refractivity contribution in [2.45, 2.75) is 13.0 Å². The predicted molar refractivity (Wildman–Crippen MR) is 81.6 cm³/mol. The molecule has 0 bridgehead atoms. The third-order valence-corrected chi connectivity index (χ3v) is 4.36. The average molecular weight is 329 g/mol. The van der Waals surface area contributed by atoms with E-state index in [2.05, 4.69) is 0 Å². The highest BCUT2D eigenvalue weighted by Gasteiger charge is 2.30. The molecule has 1 aromatic carbocycles. The van der Waals surface area contributed by atoms with Gasteiger partial charge in [-0.25, -0.2) is 9.59 Å². The van der Waals surface area contributed by atoms with Crippen molar-refractivity contribution in [2.24, 2.45) is 0 Å². The van der Waals surface area contributed by atoms with E-state index in [-0.39, 0.29) is 18.1 Å². The quantitative estimate of drug-likeness (QED) is 0.667. The third kappa shape index (κ3) is 2.05. The monoisotopic (exact) mass is 329 g/mol. The molecule has 0 unspecified atom stereocenters. The molecule has 0 aliphatic carbocycles. The molecule has 7 nitrogen and oxygen atoms in total. The molecule has 0 N–H and O–H groups in total. The van der Waals surface area contributed by atoms with Gasteiger partial charge in [-0.3, -0.25) is 0 Å². The smallest absolute Gasteiger partial charge is 0.355 e. The summed E-state index contributed by atoms with van der Waals surface area (Å²) >= 11 is 0. The van der Waals surface area contributed by atoms with Crippen molar-refractivity contribution in [3.05, 3.63) is 46.3 Å². The van der Waals surface area contributed by atoms with Crippen LogP contribution in [0, 0.1) is 0 Å². The summed E-state index contributed by atoms with van der Waals surface area (Å²) in [7, 11) is 2.58. The van der Waals surface area contributed by atoms with E-state index in [1.54, 1.807) is 10.6 Å². The van der Waals surface area contributed by atoms with E-state index in [1.165, 1.54) is 14.2 Å². The molecule has 0 saturated heterocycles. The van der Waals surface area contributed by atoms with E-state index in [0.29, 0.717) is 18.7 Å². The Morgan fingerprint density at radius 2 is 1.67 bits per heavy atom. The maximum atomic E-state index is 12.2. The number of esters is 2. The lowest BCUT2D eigenvalue weighted by molar-refractivity contribution is 0.0547. The van der Waals surface area contributed by atoms with E-state index in [1.807, 2.05) is 12.1 Å². The fourth-order valence-corrected chi connectivity index (χ4v) is 3.21. The first kappa shape index (κ1) is 14.6. The summed E-state index contributed by atoms with van der Waals surface area (Å²) in [6.45, 7) is 0.660. The molecule has 2 aromatic rings. The van der Waals surface area contributed by atoms with Crippen LogP contribution in [0.15, 0.2) is 18.2 Å². The maximum absolute atomic E-state index is 12.2. The van der Waals surface area contributed by atoms with Gasteiger partial charge in [0.05, 0.1) is 19.8 Å². The minimum absolute atomic E-state index is 0.211. The second-order valence-electron chi connectivity index (χ2n) is 5.62. The normalized spacial score (nSPS) is 13.9. The summed E-state index contributed by atoms with van der Waals surface area (Å²) in [6, 6.07) is 5.55. The SMILES string of the molecule is COC(=O)c1cc2n(c1C(=O)OC)Cc1cc3c(cc1C2)OCO3. The number of hydrogen-bond acceptors (Lipinski definition) is 6. The highest BCUT2D eigenvalue weighted by molar-refractivity contribution is 6.02. The number of ether oxygens (including phenoxy) is 4. The van der Waals surface area contributed by atoms with Crippen LogP contribution in [-0.4, -0.2) is 37.5 Å². The Balaban J connectivity index is 1.83. The fourth-order valence-electron chi connectivity index (χ4n) is 3.21. The van der Waals surface area contributed by atoms with Gasteiger partial charge in [0, 0.05) is 18.7 Å². The Morgan fingerprint density at radius 1 is 1.00 bits per heavy atom. The molecule has 0 fully saturated rings. The second-order valence-corrected chi connectivity index (χ2v) is 5.62. The van der Waals surface area contributed by atoms with E-state index >= 15 is 0 Å². The van der Waals surface area contributed by atoms with Crippen molar-refractivity contribution in [2.75, 3.05) is 21.0 Å². The van der Waals surface area contributed by atoms with Gasteiger partial charge < -0.3 is 23.5 Å². The van der Waals surface area contributed by atoms with Gasteiger partial charge in [0.1, 0.15) is 5.69 Å². The van der Waals surface area contributed by atoms with Gasteiger partial charge in [0.25, 0.3) is 0 Å². The summed E-state index contributed by atoms with van der Waals surface area (Å²) in [4.78, 5) is 24.2. The molecular formula is C17H15NO6. The zero-order valence-corrected chi connectivity index (χ0v) is 13.3. The van der Waals surface area contributed by atoms with E-state index in [0.717, 1.165) is 22.6 Å². The minimum atomic E-state index is -0.564. The molecule has 7 heteroatoms. The molecule has 2 aliphatic rings. The summed E-state index contributed by atoms with van der Waals surface area (Å²) in [5.74, 6) is 0.286. The lowest BCUT2D eigenvalue weighted by Crippen LogP contribution is -2.20. The first-order valence-corrected chi connectivity index (χ1v) is 7.42. The molecule has 0 amide bonds. The maximum Gasteiger partial charge on any atom is 0.355 e. The predicted octanol–water partition coefficient (Wildman–Crippen LogP) is 1.74. The first-order valence-electron chi connectivity index (χ1n) is 7.42. The largest absolute Gasteiger partial charge is 0.465 e. The van der Waals surface area contributed by atoms with Crippen molar-refractivity contribution in [1.29, 1.82) is 0 Å². The highest BCUT2D eigenvalue weighted by atomic mass is 16.7. The van der Waals surface area contributed by atoms with Crippen LogP contribution >= 0.6 is 0 Å². The summed E-state index contributed by atoms with van der Waals surface area (Å²) in [6.07, 6.45) is 0.576. The van der Waals surface area contributed by atoms with E-state index in [9.17, 15) is 9.59 Å². The van der Waals surface area contributed by atoms with Gasteiger partial charge in [0.15, 0.2) is 11.5 Å². The number of methoxy groups -OCH3 is 2. The van der Waals surface area contributed by atoms with Crippen molar-refractivity contribution >= 4 is 11.9 Å². The standard InChI is InChI=1S/C17H15NO6/c1-21-16(19)12-6-11-3-9-4-13-14(24-8-23-13)5-10(9)7-18(11)15(12)17(20)22-2/h4-6H,3,7-8H2,1-2H3. The number of carbonyl (C=O) groups is 2. The molecule has 1 aromatic heterocycles. The molecule has 0 radical (unpaired) electrons. The van der Waals surface area contributed by atoms with Gasteiger partial charge in [-0.2, -0.15) is 0 Å². The van der Waals surface area contributed by atoms with Gasteiger partial charge in [-0.15, -0.1) is 0 Å². The van der Waals surface area contributed by atoms with E-state index in [4.69, 9.17) is 18.9 Å². The average Bonchev–Trinajstić information content (AvgIpc) is 3.19. The van der Waals surface area contributed by atoms with Crippen LogP contribution < -0.4 is 9.47 Å². The third-order valence-electron chi connectivity index (χ3n) is 4.36.